The molecule has 4 rings (SSSR count). The maximum Gasteiger partial charge on any atom is 0.336 e. The summed E-state index contributed by atoms with van der Waals surface area (Å²) in [7, 11) is 1.41. The summed E-state index contributed by atoms with van der Waals surface area (Å²) in [5.74, 6) is -1.22. The summed E-state index contributed by atoms with van der Waals surface area (Å²) >= 11 is 1.54. The summed E-state index contributed by atoms with van der Waals surface area (Å²) in [6.07, 6.45) is 9.52. The molecule has 1 aliphatic heterocycles. The van der Waals surface area contributed by atoms with Crippen molar-refractivity contribution in [2.45, 2.75) is 89.1 Å². The Kier molecular flexibility index (Phi) is 11.9. The van der Waals surface area contributed by atoms with Gasteiger partial charge in [-0.15, -0.1) is 0 Å². The second-order valence-electron chi connectivity index (χ2n) is 11.3. The number of likely N-dealkylation sites (tertiary alicyclic amines) is 1. The van der Waals surface area contributed by atoms with Gasteiger partial charge in [-0.2, -0.15) is 11.8 Å². The van der Waals surface area contributed by atoms with Crippen LogP contribution >= 0.6 is 11.8 Å². The molecule has 2 aromatic carbocycles. The molecule has 2 aromatic rings. The van der Waals surface area contributed by atoms with Crippen molar-refractivity contribution in [3.8, 4) is 11.1 Å². The van der Waals surface area contributed by atoms with Gasteiger partial charge < -0.3 is 19.9 Å². The van der Waals surface area contributed by atoms with Crippen LogP contribution < -0.4 is 5.32 Å². The molecule has 1 saturated heterocycles. The molecule has 2 fully saturated rings. The van der Waals surface area contributed by atoms with Crippen molar-refractivity contribution in [1.82, 2.24) is 10.2 Å². The average molecular weight is 597 g/mol. The first-order valence-electron chi connectivity index (χ1n) is 15.0. The number of carbonyl (C=O) groups is 3. The monoisotopic (exact) mass is 596 g/mol. The number of ether oxygens (including phenoxy) is 2. The Morgan fingerprint density at radius 2 is 1.81 bits per heavy atom. The molecule has 0 radical (unpaired) electrons. The highest BCUT2D eigenvalue weighted by Gasteiger charge is 2.40. The molecule has 2 N–H and O–H groups in total. The fourth-order valence-corrected chi connectivity index (χ4v) is 6.82. The number of carboxylic acids is 1. The minimum absolute atomic E-state index is 0.0179. The van der Waals surface area contributed by atoms with Gasteiger partial charge in [0.2, 0.25) is 0 Å². The average Bonchev–Trinajstić information content (AvgIpc) is 3.49. The van der Waals surface area contributed by atoms with E-state index in [1.165, 1.54) is 38.1 Å². The van der Waals surface area contributed by atoms with Crippen LogP contribution in [0.3, 0.4) is 0 Å². The number of benzene rings is 2. The highest BCUT2D eigenvalue weighted by molar-refractivity contribution is 7.98. The van der Waals surface area contributed by atoms with E-state index in [9.17, 15) is 19.5 Å². The molecular formula is C33H44N2O6S. The van der Waals surface area contributed by atoms with Gasteiger partial charge in [-0.1, -0.05) is 49.6 Å². The lowest BCUT2D eigenvalue weighted by atomic mass is 9.93. The van der Waals surface area contributed by atoms with Crippen molar-refractivity contribution in [3.63, 3.8) is 0 Å². The summed E-state index contributed by atoms with van der Waals surface area (Å²) in [5.41, 5.74) is 3.78. The van der Waals surface area contributed by atoms with E-state index in [1.807, 2.05) is 49.6 Å². The lowest BCUT2D eigenvalue weighted by Gasteiger charge is -2.38. The fourth-order valence-electron chi connectivity index (χ4n) is 6.35. The molecule has 42 heavy (non-hydrogen) atoms. The van der Waals surface area contributed by atoms with Crippen LogP contribution in [0.15, 0.2) is 42.5 Å². The molecule has 1 aliphatic carbocycles. The quantitative estimate of drug-likeness (QED) is 0.294. The Morgan fingerprint density at radius 1 is 1.05 bits per heavy atom. The zero-order chi connectivity index (χ0) is 30.1. The summed E-state index contributed by atoms with van der Waals surface area (Å²) in [4.78, 5) is 40.7. The number of methoxy groups -OCH3 is 1. The first-order valence-corrected chi connectivity index (χ1v) is 16.4. The van der Waals surface area contributed by atoms with E-state index >= 15 is 0 Å². The number of carboxylic acid groups (broad SMARTS) is 1. The molecule has 228 valence electrons. The standard InChI is InChI=1S/C33H44N2O6S/c1-22-10-7-8-13-25(22)27-20-23(15-16-26(27)31(36)34-28(32(37)38)17-19-42-3)21-41-30(33(39)40-2)29-14-9-18-35(29)24-11-5-4-6-12-24/h7-8,10,13,15-16,20,24,28-30H,4-6,9,11-12,14,17-19,21H2,1-3H3,(H,34,36)(H,37,38)/t28-,29?,30?/m0/s1. The SMILES string of the molecule is COC(=O)C(OCc1ccc(C(=O)N[C@@H](CCSC)C(=O)O)c(-c2ccccc2C)c1)C1CCCN1C1CCCCC1. The van der Waals surface area contributed by atoms with E-state index in [0.29, 0.717) is 29.3 Å². The minimum atomic E-state index is -1.05. The van der Waals surface area contributed by atoms with Gasteiger partial charge >= 0.3 is 11.9 Å². The van der Waals surface area contributed by atoms with E-state index < -0.39 is 24.0 Å². The van der Waals surface area contributed by atoms with Crippen molar-refractivity contribution >= 4 is 29.6 Å². The number of carbonyl (C=O) groups excluding carboxylic acids is 2. The molecule has 0 spiro atoms. The molecule has 2 aliphatic rings. The van der Waals surface area contributed by atoms with Gasteiger partial charge in [0, 0.05) is 17.6 Å². The first kappa shape index (κ1) is 32.0. The van der Waals surface area contributed by atoms with Gasteiger partial charge in [-0.25, -0.2) is 9.59 Å². The summed E-state index contributed by atoms with van der Waals surface area (Å²) in [6.45, 7) is 3.13. The Labute approximate surface area is 253 Å². The molecule has 9 heteroatoms. The third-order valence-electron chi connectivity index (χ3n) is 8.58. The number of rotatable bonds is 13. The molecule has 2 unspecified atom stereocenters. The number of nitrogens with one attached hydrogen (secondary N) is 1. The maximum atomic E-state index is 13.4. The number of amides is 1. The first-order chi connectivity index (χ1) is 20.3. The number of hydrogen-bond donors (Lipinski definition) is 2. The van der Waals surface area contributed by atoms with E-state index in [2.05, 4.69) is 10.2 Å². The normalized spacial score (nSPS) is 19.3. The molecule has 8 nitrogen and oxygen atoms in total. The van der Waals surface area contributed by atoms with Crippen LogP contribution in [0.1, 0.15) is 72.9 Å². The second-order valence-corrected chi connectivity index (χ2v) is 12.3. The molecule has 0 aromatic heterocycles. The second kappa shape index (κ2) is 15.5. The summed E-state index contributed by atoms with van der Waals surface area (Å²) in [6, 6.07) is 12.7. The largest absolute Gasteiger partial charge is 0.480 e. The van der Waals surface area contributed by atoms with E-state index in [-0.39, 0.29) is 18.6 Å². The third-order valence-corrected chi connectivity index (χ3v) is 9.22. The molecule has 1 heterocycles. The Balaban J connectivity index is 1.58. The minimum Gasteiger partial charge on any atom is -0.480 e. The van der Waals surface area contributed by atoms with Crippen molar-refractivity contribution in [2.75, 3.05) is 25.7 Å². The molecule has 1 saturated carbocycles. The predicted octanol–water partition coefficient (Wildman–Crippen LogP) is 5.45. The highest BCUT2D eigenvalue weighted by atomic mass is 32.2. The fraction of sp³-hybridized carbons (Fsp3) is 0.545. The van der Waals surface area contributed by atoms with Gasteiger partial charge in [0.1, 0.15) is 6.04 Å². The van der Waals surface area contributed by atoms with Crippen LogP contribution in [0, 0.1) is 6.92 Å². The van der Waals surface area contributed by atoms with Crippen molar-refractivity contribution in [3.05, 3.63) is 59.2 Å². The van der Waals surface area contributed by atoms with Gasteiger partial charge in [-0.05, 0) is 92.0 Å². The summed E-state index contributed by atoms with van der Waals surface area (Å²) < 4.78 is 11.6. The lowest BCUT2D eigenvalue weighted by Crippen LogP contribution is -2.49. The number of aliphatic carboxylic acids is 1. The van der Waals surface area contributed by atoms with Crippen LogP contribution in [-0.4, -0.2) is 77.7 Å². The van der Waals surface area contributed by atoms with Gasteiger partial charge in [0.25, 0.3) is 5.91 Å². The zero-order valence-electron chi connectivity index (χ0n) is 25.0. The van der Waals surface area contributed by atoms with Crippen LogP contribution in [0.5, 0.6) is 0 Å². The van der Waals surface area contributed by atoms with Gasteiger partial charge in [0.05, 0.1) is 13.7 Å². The number of esters is 1. The summed E-state index contributed by atoms with van der Waals surface area (Å²) in [5, 5.41) is 12.4. The van der Waals surface area contributed by atoms with E-state index in [4.69, 9.17) is 9.47 Å². The molecular weight excluding hydrogens is 552 g/mol. The topological polar surface area (TPSA) is 105 Å². The van der Waals surface area contributed by atoms with Crippen LogP contribution in [-0.2, 0) is 25.7 Å². The Hall–Kier alpha value is -2.88. The van der Waals surface area contributed by atoms with Crippen molar-refractivity contribution in [1.29, 1.82) is 0 Å². The highest BCUT2D eigenvalue weighted by Crippen LogP contribution is 2.33. The smallest absolute Gasteiger partial charge is 0.336 e. The maximum absolute atomic E-state index is 13.4. The predicted molar refractivity (Wildman–Crippen MR) is 166 cm³/mol. The Bertz CT molecular complexity index is 1230. The third kappa shape index (κ3) is 7.94. The number of thioether (sulfide) groups is 1. The Morgan fingerprint density at radius 3 is 2.50 bits per heavy atom. The van der Waals surface area contributed by atoms with Gasteiger partial charge in [0.15, 0.2) is 6.10 Å². The van der Waals surface area contributed by atoms with Crippen molar-refractivity contribution < 1.29 is 29.0 Å². The number of aryl methyl sites for hydroxylation is 1. The van der Waals surface area contributed by atoms with Crippen LogP contribution in [0.2, 0.25) is 0 Å². The van der Waals surface area contributed by atoms with E-state index in [1.54, 1.807) is 6.07 Å². The van der Waals surface area contributed by atoms with Crippen molar-refractivity contribution in [2.24, 2.45) is 0 Å². The lowest BCUT2D eigenvalue weighted by molar-refractivity contribution is -0.160. The van der Waals surface area contributed by atoms with E-state index in [0.717, 1.165) is 48.9 Å². The van der Waals surface area contributed by atoms with Gasteiger partial charge in [-0.3, -0.25) is 9.69 Å². The number of nitrogens with zero attached hydrogens (tertiary/aromatic N) is 1. The van der Waals surface area contributed by atoms with Crippen LogP contribution in [0.4, 0.5) is 0 Å². The molecule has 3 atom stereocenters. The molecule has 1 amide bonds. The number of hydrogen-bond acceptors (Lipinski definition) is 7. The zero-order valence-corrected chi connectivity index (χ0v) is 25.8. The molecule has 0 bridgehead atoms. The van der Waals surface area contributed by atoms with Crippen LogP contribution in [0.25, 0.3) is 11.1 Å².